The summed E-state index contributed by atoms with van der Waals surface area (Å²) in [5.74, 6) is 0.280. The molecule has 3 fully saturated rings. The minimum atomic E-state index is -3.77. The van der Waals surface area contributed by atoms with Gasteiger partial charge in [-0.05, 0) is 84.7 Å². The highest BCUT2D eigenvalue weighted by molar-refractivity contribution is 7.90. The number of amides is 2. The Morgan fingerprint density at radius 2 is 1.81 bits per heavy atom. The number of hydrogen-bond acceptors (Lipinski definition) is 8. The average molecular weight is 742 g/mol. The van der Waals surface area contributed by atoms with Gasteiger partial charge in [-0.2, -0.15) is 5.10 Å². The van der Waals surface area contributed by atoms with Gasteiger partial charge in [-0.3, -0.25) is 14.3 Å². The fourth-order valence-corrected chi connectivity index (χ4v) is 10.1. The van der Waals surface area contributed by atoms with Crippen molar-refractivity contribution in [3.05, 3.63) is 70.5 Å². The van der Waals surface area contributed by atoms with Crippen LogP contribution in [0, 0.1) is 0 Å². The number of fused-ring (bicyclic) bond motifs is 5. The van der Waals surface area contributed by atoms with Gasteiger partial charge in [0.1, 0.15) is 5.75 Å². The molecular weight excluding hydrogens is 695 g/mol. The minimum Gasteiger partial charge on any atom is -0.497 e. The predicted octanol–water partition coefficient (Wildman–Crippen LogP) is 5.75. The van der Waals surface area contributed by atoms with Gasteiger partial charge in [-0.25, -0.2) is 13.1 Å². The van der Waals surface area contributed by atoms with Crippen molar-refractivity contribution >= 4 is 44.4 Å². The van der Waals surface area contributed by atoms with E-state index in [0.717, 1.165) is 65.4 Å². The van der Waals surface area contributed by atoms with Crippen molar-refractivity contribution in [1.82, 2.24) is 24.0 Å². The summed E-state index contributed by atoms with van der Waals surface area (Å²) in [6.45, 7) is 2.08. The molecule has 4 aromatic rings. The molecule has 2 saturated carbocycles. The van der Waals surface area contributed by atoms with Crippen LogP contribution >= 0.6 is 0 Å². The first-order valence-corrected chi connectivity index (χ1v) is 20.2. The second-order valence-electron chi connectivity index (χ2n) is 14.8. The van der Waals surface area contributed by atoms with Gasteiger partial charge in [-0.15, -0.1) is 0 Å². The van der Waals surface area contributed by atoms with Crippen LogP contribution in [0.3, 0.4) is 0 Å². The zero-order chi connectivity index (χ0) is 36.9. The first-order valence-electron chi connectivity index (χ1n) is 18.7. The van der Waals surface area contributed by atoms with E-state index in [1.807, 2.05) is 36.2 Å². The lowest BCUT2D eigenvalue weighted by molar-refractivity contribution is -0.0531. The Bertz CT molecular complexity index is 2210. The molecule has 2 amide bonds. The SMILES string of the molecule is COCC1CN(C(=O)c2cnn(C)c2C2=Cc3cc(OC)ccc3-c3c(C4CCCCC4)c4ccc(C(=O)NS(=O)(=O)C5CCC5)cc4n3C2)CCO1. The first kappa shape index (κ1) is 35.6. The van der Waals surface area contributed by atoms with Crippen LogP contribution in [0.25, 0.3) is 33.8 Å². The maximum absolute atomic E-state index is 14.3. The van der Waals surface area contributed by atoms with Crippen LogP contribution in [-0.4, -0.2) is 91.4 Å². The van der Waals surface area contributed by atoms with Crippen LogP contribution in [0.5, 0.6) is 5.75 Å². The average Bonchev–Trinajstić information content (AvgIpc) is 3.61. The number of aromatic nitrogens is 3. The molecule has 0 bridgehead atoms. The predicted molar refractivity (Wildman–Crippen MR) is 202 cm³/mol. The van der Waals surface area contributed by atoms with E-state index in [1.165, 1.54) is 12.0 Å². The highest BCUT2D eigenvalue weighted by Crippen LogP contribution is 2.48. The van der Waals surface area contributed by atoms with Crippen molar-refractivity contribution < 1.29 is 32.2 Å². The molecule has 12 nitrogen and oxygen atoms in total. The Hall–Kier alpha value is -4.46. The minimum absolute atomic E-state index is 0.124. The van der Waals surface area contributed by atoms with Crippen LogP contribution in [0.2, 0.25) is 0 Å². The summed E-state index contributed by atoms with van der Waals surface area (Å²) in [4.78, 5) is 29.7. The number of methoxy groups -OCH3 is 2. The van der Waals surface area contributed by atoms with Gasteiger partial charge in [0.25, 0.3) is 11.8 Å². The molecule has 1 atom stereocenters. The highest BCUT2D eigenvalue weighted by Gasteiger charge is 2.35. The van der Waals surface area contributed by atoms with E-state index in [9.17, 15) is 18.0 Å². The molecule has 4 aliphatic rings. The molecule has 1 unspecified atom stereocenters. The number of ether oxygens (including phenoxy) is 3. The lowest BCUT2D eigenvalue weighted by Crippen LogP contribution is -2.47. The maximum Gasteiger partial charge on any atom is 0.264 e. The molecular formula is C40H47N5O7S. The molecule has 13 heteroatoms. The van der Waals surface area contributed by atoms with Crippen molar-refractivity contribution in [2.45, 2.75) is 75.2 Å². The van der Waals surface area contributed by atoms with Gasteiger partial charge in [0.05, 0.1) is 61.4 Å². The number of morpholine rings is 1. The maximum atomic E-state index is 14.3. The molecule has 4 heterocycles. The van der Waals surface area contributed by atoms with E-state index in [2.05, 4.69) is 26.5 Å². The number of carbonyl (C=O) groups is 2. The van der Waals surface area contributed by atoms with Gasteiger partial charge < -0.3 is 23.7 Å². The zero-order valence-corrected chi connectivity index (χ0v) is 31.4. The molecule has 2 aromatic carbocycles. The van der Waals surface area contributed by atoms with Crippen LogP contribution < -0.4 is 9.46 Å². The number of carbonyl (C=O) groups excluding carboxylic acids is 2. The number of rotatable bonds is 9. The van der Waals surface area contributed by atoms with E-state index in [4.69, 9.17) is 14.2 Å². The van der Waals surface area contributed by atoms with Gasteiger partial charge >= 0.3 is 0 Å². The molecule has 0 radical (unpaired) electrons. The molecule has 2 aliphatic heterocycles. The second kappa shape index (κ2) is 14.4. The van der Waals surface area contributed by atoms with E-state index in [-0.39, 0.29) is 17.6 Å². The molecule has 280 valence electrons. The van der Waals surface area contributed by atoms with Crippen LogP contribution in [0.4, 0.5) is 0 Å². The molecule has 1 saturated heterocycles. The standard InChI is InChI=1S/C40H47N5O7S/c1-43-37(34(21-41-43)40(47)44-16-17-52-30(23-44)24-50-2)28-18-27-19-29(51-3)13-15-32(27)38-36(25-8-5-4-6-9-25)33-14-12-26(20-35(33)45(38)22-28)39(46)42-53(48,49)31-10-7-11-31/h12-15,18-21,25,30-31H,4-11,16-17,22-24H2,1-3H3,(H,42,46). The Balaban J connectivity index is 1.28. The smallest absolute Gasteiger partial charge is 0.264 e. The van der Waals surface area contributed by atoms with Crippen molar-refractivity contribution in [3.8, 4) is 17.0 Å². The number of sulfonamides is 1. The number of hydrogen-bond donors (Lipinski definition) is 1. The molecule has 1 N–H and O–H groups in total. The monoisotopic (exact) mass is 741 g/mol. The molecule has 2 aliphatic carbocycles. The lowest BCUT2D eigenvalue weighted by Gasteiger charge is -2.32. The van der Waals surface area contributed by atoms with Crippen molar-refractivity contribution in [2.75, 3.05) is 40.5 Å². The molecule has 0 spiro atoms. The highest BCUT2D eigenvalue weighted by atomic mass is 32.2. The Labute approximate surface area is 310 Å². The number of allylic oxidation sites excluding steroid dienone is 1. The fraction of sp³-hybridized carbons (Fsp3) is 0.475. The normalized spacial score (nSPS) is 19.6. The van der Waals surface area contributed by atoms with E-state index >= 15 is 0 Å². The lowest BCUT2D eigenvalue weighted by atomic mass is 9.81. The summed E-state index contributed by atoms with van der Waals surface area (Å²) in [5.41, 5.74) is 7.50. The number of nitrogens with one attached hydrogen (secondary N) is 1. The van der Waals surface area contributed by atoms with Crippen LogP contribution in [0.15, 0.2) is 42.6 Å². The Morgan fingerprint density at radius 3 is 2.55 bits per heavy atom. The van der Waals surface area contributed by atoms with Crippen LogP contribution in [-0.2, 0) is 33.1 Å². The summed E-state index contributed by atoms with van der Waals surface area (Å²) in [7, 11) is 1.37. The number of benzene rings is 2. The van der Waals surface area contributed by atoms with Gasteiger partial charge in [0.15, 0.2) is 0 Å². The van der Waals surface area contributed by atoms with E-state index < -0.39 is 21.2 Å². The van der Waals surface area contributed by atoms with Crippen molar-refractivity contribution in [2.24, 2.45) is 7.05 Å². The Morgan fingerprint density at radius 1 is 1.00 bits per heavy atom. The largest absolute Gasteiger partial charge is 0.497 e. The van der Waals surface area contributed by atoms with E-state index in [0.29, 0.717) is 68.6 Å². The third-order valence-electron chi connectivity index (χ3n) is 11.5. The van der Waals surface area contributed by atoms with Crippen LogP contribution in [0.1, 0.15) is 94.8 Å². The molecule has 53 heavy (non-hydrogen) atoms. The first-order chi connectivity index (χ1) is 25.7. The summed E-state index contributed by atoms with van der Waals surface area (Å²) in [5, 5.41) is 5.12. The van der Waals surface area contributed by atoms with Gasteiger partial charge in [0.2, 0.25) is 10.0 Å². The fourth-order valence-electron chi connectivity index (χ4n) is 8.61. The summed E-state index contributed by atoms with van der Waals surface area (Å²) >= 11 is 0. The van der Waals surface area contributed by atoms with Gasteiger partial charge in [0, 0.05) is 49.3 Å². The molecule has 8 rings (SSSR count). The third kappa shape index (κ3) is 6.57. The van der Waals surface area contributed by atoms with E-state index in [1.54, 1.807) is 31.2 Å². The third-order valence-corrected chi connectivity index (χ3v) is 13.3. The number of nitrogens with zero attached hydrogens (tertiary/aromatic N) is 4. The Kier molecular flexibility index (Phi) is 9.67. The second-order valence-corrected chi connectivity index (χ2v) is 16.8. The summed E-state index contributed by atoms with van der Waals surface area (Å²) in [6, 6.07) is 11.7. The van der Waals surface area contributed by atoms with Gasteiger partial charge in [-0.1, -0.05) is 31.7 Å². The van der Waals surface area contributed by atoms with Crippen molar-refractivity contribution in [1.29, 1.82) is 0 Å². The quantitative estimate of drug-likeness (QED) is 0.229. The summed E-state index contributed by atoms with van der Waals surface area (Å²) < 4.78 is 49.2. The topological polar surface area (TPSA) is 134 Å². The van der Waals surface area contributed by atoms with Crippen molar-refractivity contribution in [3.63, 3.8) is 0 Å². The summed E-state index contributed by atoms with van der Waals surface area (Å²) in [6.07, 6.45) is 11.1. The number of aryl methyl sites for hydroxylation is 1. The zero-order valence-electron chi connectivity index (χ0n) is 30.6. The molecule has 2 aromatic heterocycles.